The maximum absolute atomic E-state index is 12.0. The highest BCUT2D eigenvalue weighted by molar-refractivity contribution is 7.18. The molecule has 0 saturated heterocycles. The molecule has 0 bridgehead atoms. The molecule has 0 spiro atoms. The number of carbonyl (C=O) groups is 2. The van der Waals surface area contributed by atoms with Crippen molar-refractivity contribution in [2.75, 3.05) is 11.9 Å². The lowest BCUT2D eigenvalue weighted by molar-refractivity contribution is -0.136. The molecule has 30 heavy (non-hydrogen) atoms. The van der Waals surface area contributed by atoms with Crippen molar-refractivity contribution in [2.45, 2.75) is 19.8 Å². The van der Waals surface area contributed by atoms with Gasteiger partial charge in [-0.05, 0) is 36.2 Å². The zero-order valence-corrected chi connectivity index (χ0v) is 17.2. The lowest BCUT2D eigenvalue weighted by atomic mass is 10.2. The third-order valence-corrected chi connectivity index (χ3v) is 4.79. The number of nitrogens with one attached hydrogen (secondary N) is 2. The van der Waals surface area contributed by atoms with Crippen LogP contribution in [-0.4, -0.2) is 34.8 Å². The van der Waals surface area contributed by atoms with Crippen LogP contribution < -0.4 is 15.5 Å². The Morgan fingerprint density at radius 2 is 1.83 bits per heavy atom. The molecule has 154 valence electrons. The van der Waals surface area contributed by atoms with Crippen molar-refractivity contribution < 1.29 is 14.3 Å². The van der Waals surface area contributed by atoms with Crippen LogP contribution in [0.25, 0.3) is 10.6 Å². The van der Waals surface area contributed by atoms with Crippen molar-refractivity contribution in [2.24, 2.45) is 5.10 Å². The average Bonchev–Trinajstić information content (AvgIpc) is 3.24. The molecule has 0 aliphatic carbocycles. The third kappa shape index (κ3) is 6.21. The first-order valence-electron chi connectivity index (χ1n) is 9.42. The molecule has 0 radical (unpaired) electrons. The minimum atomic E-state index is -0.901. The molecular weight excluding hydrogens is 402 g/mol. The van der Waals surface area contributed by atoms with E-state index < -0.39 is 11.8 Å². The second-order valence-corrected chi connectivity index (χ2v) is 7.18. The molecule has 2 amide bonds. The van der Waals surface area contributed by atoms with E-state index in [0.717, 1.165) is 29.7 Å². The number of amides is 2. The van der Waals surface area contributed by atoms with Gasteiger partial charge in [-0.25, -0.2) is 5.43 Å². The van der Waals surface area contributed by atoms with Crippen LogP contribution in [0.4, 0.5) is 5.13 Å². The minimum absolute atomic E-state index is 0.233. The molecule has 0 unspecified atom stereocenters. The molecule has 3 rings (SSSR count). The Morgan fingerprint density at radius 1 is 1.07 bits per heavy atom. The Bertz CT molecular complexity index is 1000. The van der Waals surface area contributed by atoms with Gasteiger partial charge in [0.05, 0.1) is 12.8 Å². The SMILES string of the molecule is CCCCOc1ccc(/C=N/NC(=O)C(=O)Nc2nnc(-c3ccccc3)s2)cc1. The van der Waals surface area contributed by atoms with Crippen molar-refractivity contribution >= 4 is 34.5 Å². The normalized spacial score (nSPS) is 10.7. The van der Waals surface area contributed by atoms with Crippen LogP contribution in [0.2, 0.25) is 0 Å². The molecule has 0 saturated carbocycles. The van der Waals surface area contributed by atoms with Crippen molar-refractivity contribution in [3.8, 4) is 16.3 Å². The molecule has 0 fully saturated rings. The highest BCUT2D eigenvalue weighted by Crippen LogP contribution is 2.25. The predicted molar refractivity (Wildman–Crippen MR) is 117 cm³/mol. The zero-order chi connectivity index (χ0) is 21.2. The van der Waals surface area contributed by atoms with Crippen LogP contribution in [0.15, 0.2) is 59.7 Å². The molecule has 1 aromatic heterocycles. The number of carbonyl (C=O) groups excluding carboxylic acids is 2. The first-order chi connectivity index (χ1) is 14.7. The lowest BCUT2D eigenvalue weighted by Crippen LogP contribution is -2.32. The number of rotatable bonds is 8. The van der Waals surface area contributed by atoms with Gasteiger partial charge in [0.1, 0.15) is 10.8 Å². The van der Waals surface area contributed by atoms with Gasteiger partial charge in [0.2, 0.25) is 5.13 Å². The average molecular weight is 423 g/mol. The van der Waals surface area contributed by atoms with Crippen LogP contribution in [0.1, 0.15) is 25.3 Å². The molecule has 0 atom stereocenters. The Balaban J connectivity index is 1.47. The van der Waals surface area contributed by atoms with Gasteiger partial charge in [-0.15, -0.1) is 10.2 Å². The van der Waals surface area contributed by atoms with E-state index >= 15 is 0 Å². The van der Waals surface area contributed by atoms with E-state index in [2.05, 4.69) is 33.0 Å². The Kier molecular flexibility index (Phi) is 7.62. The summed E-state index contributed by atoms with van der Waals surface area (Å²) in [6.07, 6.45) is 3.52. The zero-order valence-electron chi connectivity index (χ0n) is 16.4. The second-order valence-electron chi connectivity index (χ2n) is 6.20. The van der Waals surface area contributed by atoms with Crippen LogP contribution in [-0.2, 0) is 9.59 Å². The van der Waals surface area contributed by atoms with Gasteiger partial charge in [0.25, 0.3) is 0 Å². The summed E-state index contributed by atoms with van der Waals surface area (Å²) in [4.78, 5) is 23.9. The van der Waals surface area contributed by atoms with Gasteiger partial charge in [0.15, 0.2) is 0 Å². The summed E-state index contributed by atoms with van der Waals surface area (Å²) in [7, 11) is 0. The molecule has 0 aliphatic rings. The smallest absolute Gasteiger partial charge is 0.329 e. The summed E-state index contributed by atoms with van der Waals surface area (Å²) in [5.41, 5.74) is 3.83. The third-order valence-electron chi connectivity index (χ3n) is 3.90. The van der Waals surface area contributed by atoms with E-state index in [1.165, 1.54) is 17.6 Å². The number of hydrogen-bond acceptors (Lipinski definition) is 7. The molecular formula is C21H21N5O3S. The maximum atomic E-state index is 12.0. The quantitative estimate of drug-likeness (QED) is 0.250. The van der Waals surface area contributed by atoms with E-state index in [0.29, 0.717) is 11.6 Å². The van der Waals surface area contributed by atoms with Crippen LogP contribution >= 0.6 is 11.3 Å². The molecule has 0 aliphatic heterocycles. The van der Waals surface area contributed by atoms with E-state index in [1.54, 1.807) is 0 Å². The molecule has 8 nitrogen and oxygen atoms in total. The summed E-state index contributed by atoms with van der Waals surface area (Å²) in [5, 5.41) is 15.0. The second kappa shape index (κ2) is 10.8. The largest absolute Gasteiger partial charge is 0.494 e. The summed E-state index contributed by atoms with van der Waals surface area (Å²) < 4.78 is 5.58. The maximum Gasteiger partial charge on any atom is 0.329 e. The van der Waals surface area contributed by atoms with Crippen molar-refractivity contribution in [3.63, 3.8) is 0 Å². The number of anilines is 1. The first-order valence-corrected chi connectivity index (χ1v) is 10.2. The Hall–Kier alpha value is -3.59. The number of hydrogen-bond donors (Lipinski definition) is 2. The monoisotopic (exact) mass is 423 g/mol. The van der Waals surface area contributed by atoms with Gasteiger partial charge in [0, 0.05) is 5.56 Å². The van der Waals surface area contributed by atoms with Gasteiger partial charge >= 0.3 is 11.8 Å². The molecule has 2 N–H and O–H groups in total. The summed E-state index contributed by atoms with van der Waals surface area (Å²) in [6, 6.07) is 16.7. The fourth-order valence-electron chi connectivity index (χ4n) is 2.33. The standard InChI is InChI=1S/C21H21N5O3S/c1-2-3-13-29-17-11-9-15(10-12-17)14-22-24-19(28)18(27)23-21-26-25-20(30-21)16-7-5-4-6-8-16/h4-12,14H,2-3,13H2,1H3,(H,24,28)(H,23,26,27)/b22-14+. The van der Waals surface area contributed by atoms with Crippen LogP contribution in [0.5, 0.6) is 5.75 Å². The molecule has 9 heteroatoms. The molecule has 2 aromatic carbocycles. The summed E-state index contributed by atoms with van der Waals surface area (Å²) in [6.45, 7) is 2.78. The topological polar surface area (TPSA) is 106 Å². The van der Waals surface area contributed by atoms with E-state index in [-0.39, 0.29) is 5.13 Å². The lowest BCUT2D eigenvalue weighted by Gasteiger charge is -2.04. The van der Waals surface area contributed by atoms with Crippen molar-refractivity contribution in [3.05, 3.63) is 60.2 Å². The minimum Gasteiger partial charge on any atom is -0.494 e. The fraction of sp³-hybridized carbons (Fsp3) is 0.190. The fourth-order valence-corrected chi connectivity index (χ4v) is 3.07. The Labute approximate surface area is 178 Å². The van der Waals surface area contributed by atoms with E-state index in [9.17, 15) is 9.59 Å². The highest BCUT2D eigenvalue weighted by Gasteiger charge is 2.16. The summed E-state index contributed by atoms with van der Waals surface area (Å²) >= 11 is 1.18. The number of nitrogens with zero attached hydrogens (tertiary/aromatic N) is 3. The van der Waals surface area contributed by atoms with Gasteiger partial charge < -0.3 is 4.74 Å². The van der Waals surface area contributed by atoms with Crippen molar-refractivity contribution in [1.29, 1.82) is 0 Å². The van der Waals surface area contributed by atoms with Crippen LogP contribution in [0, 0.1) is 0 Å². The van der Waals surface area contributed by atoms with E-state index in [1.807, 2.05) is 54.6 Å². The summed E-state index contributed by atoms with van der Waals surface area (Å²) in [5.74, 6) is -0.999. The number of aromatic nitrogens is 2. The van der Waals surface area contributed by atoms with Gasteiger partial charge in [-0.3, -0.25) is 14.9 Å². The molecule has 3 aromatic rings. The predicted octanol–water partition coefficient (Wildman–Crippen LogP) is 3.47. The molecule has 1 heterocycles. The number of unbranched alkanes of at least 4 members (excludes halogenated alkanes) is 1. The van der Waals surface area contributed by atoms with Gasteiger partial charge in [-0.2, -0.15) is 5.10 Å². The first kappa shape index (κ1) is 21.1. The van der Waals surface area contributed by atoms with Gasteiger partial charge in [-0.1, -0.05) is 55.0 Å². The Morgan fingerprint density at radius 3 is 2.57 bits per heavy atom. The van der Waals surface area contributed by atoms with Crippen molar-refractivity contribution in [1.82, 2.24) is 15.6 Å². The number of ether oxygens (including phenoxy) is 1. The van der Waals surface area contributed by atoms with Crippen LogP contribution in [0.3, 0.4) is 0 Å². The van der Waals surface area contributed by atoms with E-state index in [4.69, 9.17) is 4.74 Å². The number of benzene rings is 2. The number of hydrazone groups is 1. The highest BCUT2D eigenvalue weighted by atomic mass is 32.1.